The molecule has 1 atom stereocenters. The van der Waals surface area contributed by atoms with Crippen molar-refractivity contribution in [1.82, 2.24) is 4.90 Å². The summed E-state index contributed by atoms with van der Waals surface area (Å²) in [5.41, 5.74) is -0.969. The highest BCUT2D eigenvalue weighted by molar-refractivity contribution is 5.29. The summed E-state index contributed by atoms with van der Waals surface area (Å²) in [5.74, 6) is 0. The highest BCUT2D eigenvalue weighted by Gasteiger charge is 2.38. The van der Waals surface area contributed by atoms with Crippen molar-refractivity contribution < 1.29 is 18.3 Å². The number of halogens is 3. The minimum atomic E-state index is -4.38. The quantitative estimate of drug-likeness (QED) is 0.918. The van der Waals surface area contributed by atoms with Crippen LogP contribution in [0.15, 0.2) is 24.3 Å². The van der Waals surface area contributed by atoms with Gasteiger partial charge in [0.1, 0.15) is 0 Å². The molecular formula is C15H20F3NO. The van der Waals surface area contributed by atoms with E-state index in [1.165, 1.54) is 6.07 Å². The third-order valence-electron chi connectivity index (χ3n) is 4.12. The van der Waals surface area contributed by atoms with E-state index in [1.807, 2.05) is 13.8 Å². The Labute approximate surface area is 117 Å². The predicted molar refractivity (Wildman–Crippen MR) is 71.3 cm³/mol. The predicted octanol–water partition coefficient (Wildman–Crippen LogP) is 3.61. The molecule has 0 saturated carbocycles. The molecule has 1 heterocycles. The molecule has 1 saturated heterocycles. The summed E-state index contributed by atoms with van der Waals surface area (Å²) in [6.07, 6.45) is -3.19. The van der Waals surface area contributed by atoms with E-state index in [9.17, 15) is 18.3 Å². The molecule has 1 aliphatic heterocycles. The second-order valence-corrected chi connectivity index (χ2v) is 5.87. The molecular weight excluding hydrogens is 267 g/mol. The summed E-state index contributed by atoms with van der Waals surface area (Å²) in [4.78, 5) is 2.14. The van der Waals surface area contributed by atoms with Crippen molar-refractivity contribution in [3.63, 3.8) is 0 Å². The van der Waals surface area contributed by atoms with E-state index in [0.29, 0.717) is 5.56 Å². The molecule has 0 spiro atoms. The standard InChI is InChI=1S/C15H20F3NO/c1-14(2,19-8-3-4-9-19)13(20)11-6-5-7-12(10-11)15(16,17)18/h5-7,10,13,20H,3-4,8-9H2,1-2H3. The van der Waals surface area contributed by atoms with Gasteiger partial charge in [-0.15, -0.1) is 0 Å². The molecule has 112 valence electrons. The molecule has 0 aliphatic carbocycles. The molecule has 2 nitrogen and oxygen atoms in total. The molecule has 2 rings (SSSR count). The van der Waals surface area contributed by atoms with Gasteiger partial charge in [0.05, 0.1) is 11.7 Å². The molecule has 0 aromatic heterocycles. The van der Waals surface area contributed by atoms with Crippen molar-refractivity contribution in [3.05, 3.63) is 35.4 Å². The fourth-order valence-electron chi connectivity index (χ4n) is 2.76. The first-order valence-corrected chi connectivity index (χ1v) is 6.83. The molecule has 1 aromatic carbocycles. The molecule has 0 amide bonds. The van der Waals surface area contributed by atoms with Crippen LogP contribution in [0.3, 0.4) is 0 Å². The Morgan fingerprint density at radius 1 is 1.15 bits per heavy atom. The number of aliphatic hydroxyl groups is 1. The second kappa shape index (κ2) is 5.37. The normalized spacial score (nSPS) is 19.3. The van der Waals surface area contributed by atoms with Gasteiger partial charge in [-0.2, -0.15) is 13.2 Å². The number of rotatable bonds is 3. The maximum atomic E-state index is 12.7. The summed E-state index contributed by atoms with van der Waals surface area (Å²) < 4.78 is 38.2. The highest BCUT2D eigenvalue weighted by atomic mass is 19.4. The Balaban J connectivity index is 2.26. The summed E-state index contributed by atoms with van der Waals surface area (Å²) >= 11 is 0. The number of nitrogens with zero attached hydrogens (tertiary/aromatic N) is 1. The summed E-state index contributed by atoms with van der Waals surface area (Å²) in [6.45, 7) is 5.51. The van der Waals surface area contributed by atoms with Crippen LogP contribution in [0.25, 0.3) is 0 Å². The van der Waals surface area contributed by atoms with E-state index >= 15 is 0 Å². The van der Waals surface area contributed by atoms with Crippen molar-refractivity contribution in [2.45, 2.75) is 44.5 Å². The van der Waals surface area contributed by atoms with Crippen molar-refractivity contribution >= 4 is 0 Å². The van der Waals surface area contributed by atoms with Crippen LogP contribution in [0, 0.1) is 0 Å². The van der Waals surface area contributed by atoms with Crippen LogP contribution in [-0.2, 0) is 6.18 Å². The number of aliphatic hydroxyl groups excluding tert-OH is 1. The van der Waals surface area contributed by atoms with E-state index in [0.717, 1.165) is 38.1 Å². The monoisotopic (exact) mass is 287 g/mol. The second-order valence-electron chi connectivity index (χ2n) is 5.87. The number of hydrogen-bond donors (Lipinski definition) is 1. The Kier molecular flexibility index (Phi) is 4.12. The number of benzene rings is 1. The average Bonchev–Trinajstić information content (AvgIpc) is 2.91. The lowest BCUT2D eigenvalue weighted by atomic mass is 9.89. The zero-order valence-electron chi connectivity index (χ0n) is 11.7. The molecule has 1 unspecified atom stereocenters. The van der Waals surface area contributed by atoms with Crippen molar-refractivity contribution in [2.24, 2.45) is 0 Å². The molecule has 0 bridgehead atoms. The third-order valence-corrected chi connectivity index (χ3v) is 4.12. The van der Waals surface area contributed by atoms with Crippen molar-refractivity contribution in [3.8, 4) is 0 Å². The van der Waals surface area contributed by atoms with Crippen LogP contribution in [0.2, 0.25) is 0 Å². The minimum Gasteiger partial charge on any atom is -0.386 e. The molecule has 0 radical (unpaired) electrons. The zero-order chi connectivity index (χ0) is 15.0. The number of likely N-dealkylation sites (tertiary alicyclic amines) is 1. The lowest BCUT2D eigenvalue weighted by Crippen LogP contribution is -2.46. The van der Waals surface area contributed by atoms with Gasteiger partial charge in [0.25, 0.3) is 0 Å². The SMILES string of the molecule is CC(C)(C(O)c1cccc(C(F)(F)F)c1)N1CCCC1. The Bertz CT molecular complexity index is 464. The van der Waals surface area contributed by atoms with Crippen LogP contribution in [-0.4, -0.2) is 28.6 Å². The van der Waals surface area contributed by atoms with Gasteiger partial charge < -0.3 is 5.11 Å². The largest absolute Gasteiger partial charge is 0.416 e. The Hall–Kier alpha value is -1.07. The molecule has 1 fully saturated rings. The van der Waals surface area contributed by atoms with Gasteiger partial charge >= 0.3 is 6.18 Å². The van der Waals surface area contributed by atoms with Gasteiger partial charge in [0.2, 0.25) is 0 Å². The Morgan fingerprint density at radius 2 is 1.75 bits per heavy atom. The maximum Gasteiger partial charge on any atom is 0.416 e. The van der Waals surface area contributed by atoms with E-state index in [4.69, 9.17) is 0 Å². The fourth-order valence-corrected chi connectivity index (χ4v) is 2.76. The first-order valence-electron chi connectivity index (χ1n) is 6.83. The van der Waals surface area contributed by atoms with Crippen LogP contribution in [0.4, 0.5) is 13.2 Å². The molecule has 1 aliphatic rings. The topological polar surface area (TPSA) is 23.5 Å². The van der Waals surface area contributed by atoms with Crippen LogP contribution in [0.5, 0.6) is 0 Å². The average molecular weight is 287 g/mol. The lowest BCUT2D eigenvalue weighted by molar-refractivity contribution is -0.137. The van der Waals surface area contributed by atoms with Gasteiger partial charge in [0.15, 0.2) is 0 Å². The van der Waals surface area contributed by atoms with Crippen molar-refractivity contribution in [2.75, 3.05) is 13.1 Å². The smallest absolute Gasteiger partial charge is 0.386 e. The minimum absolute atomic E-state index is 0.316. The van der Waals surface area contributed by atoms with E-state index in [-0.39, 0.29) is 0 Å². The summed E-state index contributed by atoms with van der Waals surface area (Å²) in [5, 5.41) is 10.5. The maximum absolute atomic E-state index is 12.7. The molecule has 20 heavy (non-hydrogen) atoms. The van der Waals surface area contributed by atoms with Gasteiger partial charge in [-0.1, -0.05) is 12.1 Å². The molecule has 5 heteroatoms. The highest BCUT2D eigenvalue weighted by Crippen LogP contribution is 2.36. The first kappa shape index (κ1) is 15.3. The summed E-state index contributed by atoms with van der Waals surface area (Å²) in [7, 11) is 0. The Morgan fingerprint density at radius 3 is 2.30 bits per heavy atom. The van der Waals surface area contributed by atoms with Crippen LogP contribution < -0.4 is 0 Å². The van der Waals surface area contributed by atoms with Crippen LogP contribution >= 0.6 is 0 Å². The van der Waals surface area contributed by atoms with Gasteiger partial charge in [-0.05, 0) is 57.5 Å². The van der Waals surface area contributed by atoms with E-state index in [2.05, 4.69) is 4.90 Å². The summed E-state index contributed by atoms with van der Waals surface area (Å²) in [6, 6.07) is 4.97. The molecule has 1 N–H and O–H groups in total. The fraction of sp³-hybridized carbons (Fsp3) is 0.600. The third kappa shape index (κ3) is 2.99. The van der Waals surface area contributed by atoms with Crippen molar-refractivity contribution in [1.29, 1.82) is 0 Å². The van der Waals surface area contributed by atoms with Gasteiger partial charge in [-0.3, -0.25) is 4.90 Å². The van der Waals surface area contributed by atoms with E-state index < -0.39 is 23.4 Å². The molecule has 1 aromatic rings. The van der Waals surface area contributed by atoms with E-state index in [1.54, 1.807) is 6.07 Å². The van der Waals surface area contributed by atoms with Crippen LogP contribution in [0.1, 0.15) is 43.9 Å². The number of alkyl halides is 3. The first-order chi connectivity index (χ1) is 9.23. The lowest BCUT2D eigenvalue weighted by Gasteiger charge is -2.39. The van der Waals surface area contributed by atoms with Gasteiger partial charge in [-0.25, -0.2) is 0 Å². The number of hydrogen-bond acceptors (Lipinski definition) is 2. The zero-order valence-corrected chi connectivity index (χ0v) is 11.7. The van der Waals surface area contributed by atoms with Gasteiger partial charge in [0, 0.05) is 5.54 Å².